The van der Waals surface area contributed by atoms with Crippen molar-refractivity contribution in [3.63, 3.8) is 0 Å². The average Bonchev–Trinajstić information content (AvgIpc) is 2.89. The van der Waals surface area contributed by atoms with Gasteiger partial charge in [0.1, 0.15) is 18.2 Å². The third-order valence-corrected chi connectivity index (χ3v) is 5.63. The minimum atomic E-state index is -0.423. The molecule has 1 amide bonds. The third-order valence-electron chi connectivity index (χ3n) is 5.63. The number of amides is 1. The number of halogens is 2. The van der Waals surface area contributed by atoms with E-state index < -0.39 is 5.60 Å². The van der Waals surface area contributed by atoms with Gasteiger partial charge in [-0.1, -0.05) is 0 Å². The zero-order valence-corrected chi connectivity index (χ0v) is 15.6. The summed E-state index contributed by atoms with van der Waals surface area (Å²) in [5.74, 6) is -0.728. The van der Waals surface area contributed by atoms with Gasteiger partial charge in [0.2, 0.25) is 0 Å². The van der Waals surface area contributed by atoms with Crippen LogP contribution in [0.1, 0.15) is 24.8 Å². The molecule has 7 heteroatoms. The first-order chi connectivity index (χ1) is 13.5. The van der Waals surface area contributed by atoms with Gasteiger partial charge in [0.05, 0.1) is 18.3 Å². The molecular weight excluding hydrogens is 364 g/mol. The molecule has 1 aromatic heterocycles. The quantitative estimate of drug-likeness (QED) is 0.812. The van der Waals surface area contributed by atoms with Gasteiger partial charge in [0.15, 0.2) is 0 Å². The number of rotatable bonds is 3. The van der Waals surface area contributed by atoms with Crippen molar-refractivity contribution < 1.29 is 18.3 Å². The Balaban J connectivity index is 1.45. The summed E-state index contributed by atoms with van der Waals surface area (Å²) in [6.07, 6.45) is 5.33. The molecule has 2 aromatic rings. The van der Waals surface area contributed by atoms with Crippen molar-refractivity contribution in [3.05, 3.63) is 59.9 Å². The van der Waals surface area contributed by atoms with Crippen molar-refractivity contribution in [1.82, 2.24) is 9.88 Å². The lowest BCUT2D eigenvalue weighted by Gasteiger charge is -2.42. The monoisotopic (exact) mass is 387 g/mol. The molecule has 1 spiro atoms. The molecule has 0 saturated carbocycles. The van der Waals surface area contributed by atoms with E-state index in [1.165, 1.54) is 18.3 Å². The fourth-order valence-corrected chi connectivity index (χ4v) is 4.03. The lowest BCUT2D eigenvalue weighted by Crippen LogP contribution is -2.55. The maximum atomic E-state index is 13.9. The molecular formula is C21H23F2N3O2. The lowest BCUT2D eigenvalue weighted by atomic mass is 9.92. The average molecular weight is 387 g/mol. The number of carbonyl (C=O) groups excluding carboxylic acids is 1. The molecule has 4 rings (SSSR count). The summed E-state index contributed by atoms with van der Waals surface area (Å²) >= 11 is 0. The highest BCUT2D eigenvalue weighted by molar-refractivity contribution is 5.95. The van der Waals surface area contributed by atoms with Crippen LogP contribution in [0.25, 0.3) is 0 Å². The number of morpholine rings is 1. The summed E-state index contributed by atoms with van der Waals surface area (Å²) in [6.45, 7) is 2.61. The van der Waals surface area contributed by atoms with Crippen molar-refractivity contribution in [2.45, 2.75) is 31.4 Å². The molecule has 0 aliphatic carbocycles. The summed E-state index contributed by atoms with van der Waals surface area (Å²) < 4.78 is 33.2. The number of anilines is 1. The standard InChI is InChI=1S/C21H23F2N3O2/c22-17-2-4-18(5-3-17)26-15-21(28-14-20(26)27)7-1-10-25(11-8-21)13-16-6-9-24-12-19(16)23/h2-6,9,12H,1,7-8,10-11,13-15H2. The summed E-state index contributed by atoms with van der Waals surface area (Å²) in [7, 11) is 0. The molecule has 5 nitrogen and oxygen atoms in total. The summed E-state index contributed by atoms with van der Waals surface area (Å²) in [4.78, 5) is 20.1. The van der Waals surface area contributed by atoms with Gasteiger partial charge in [0.25, 0.3) is 5.91 Å². The normalized spacial score (nSPS) is 23.8. The number of nitrogens with zero attached hydrogens (tertiary/aromatic N) is 3. The van der Waals surface area contributed by atoms with Crippen LogP contribution in [-0.4, -0.2) is 47.6 Å². The first kappa shape index (κ1) is 19.0. The van der Waals surface area contributed by atoms with Crippen LogP contribution in [-0.2, 0) is 16.1 Å². The number of likely N-dealkylation sites (tertiary alicyclic amines) is 1. The van der Waals surface area contributed by atoms with Crippen LogP contribution in [0, 0.1) is 11.6 Å². The fourth-order valence-electron chi connectivity index (χ4n) is 4.03. The van der Waals surface area contributed by atoms with Crippen LogP contribution in [0.15, 0.2) is 42.7 Å². The Kier molecular flexibility index (Phi) is 5.37. The number of aromatic nitrogens is 1. The van der Waals surface area contributed by atoms with Crippen LogP contribution >= 0.6 is 0 Å². The van der Waals surface area contributed by atoms with Gasteiger partial charge in [-0.3, -0.25) is 14.7 Å². The molecule has 148 valence electrons. The van der Waals surface area contributed by atoms with E-state index in [2.05, 4.69) is 9.88 Å². The summed E-state index contributed by atoms with van der Waals surface area (Å²) in [5, 5.41) is 0. The molecule has 28 heavy (non-hydrogen) atoms. The van der Waals surface area contributed by atoms with E-state index in [0.717, 1.165) is 32.4 Å². The lowest BCUT2D eigenvalue weighted by molar-refractivity contribution is -0.140. The van der Waals surface area contributed by atoms with Crippen molar-refractivity contribution in [2.75, 3.05) is 31.1 Å². The van der Waals surface area contributed by atoms with Crippen LogP contribution in [0.4, 0.5) is 14.5 Å². The molecule has 3 heterocycles. The van der Waals surface area contributed by atoms with Gasteiger partial charge in [-0.25, -0.2) is 8.78 Å². The minimum Gasteiger partial charge on any atom is -0.363 e. The van der Waals surface area contributed by atoms with Crippen LogP contribution in [0.3, 0.4) is 0 Å². The number of benzene rings is 1. The predicted molar refractivity (Wildman–Crippen MR) is 101 cm³/mol. The Bertz CT molecular complexity index is 846. The van der Waals surface area contributed by atoms with Gasteiger partial charge in [-0.05, 0) is 56.1 Å². The summed E-state index contributed by atoms with van der Waals surface area (Å²) in [5.41, 5.74) is 0.904. The highest BCUT2D eigenvalue weighted by Crippen LogP contribution is 2.33. The van der Waals surface area contributed by atoms with E-state index in [-0.39, 0.29) is 24.1 Å². The molecule has 1 aromatic carbocycles. The second-order valence-corrected chi connectivity index (χ2v) is 7.52. The smallest absolute Gasteiger partial charge is 0.253 e. The highest BCUT2D eigenvalue weighted by Gasteiger charge is 2.41. The van der Waals surface area contributed by atoms with Crippen LogP contribution < -0.4 is 4.90 Å². The maximum Gasteiger partial charge on any atom is 0.253 e. The molecule has 2 fully saturated rings. The third kappa shape index (κ3) is 4.05. The maximum absolute atomic E-state index is 13.9. The molecule has 0 N–H and O–H groups in total. The van der Waals surface area contributed by atoms with Crippen LogP contribution in [0.2, 0.25) is 0 Å². The van der Waals surface area contributed by atoms with Crippen molar-refractivity contribution in [1.29, 1.82) is 0 Å². The SMILES string of the molecule is O=C1COC2(CCCN(Cc3ccncc3F)CC2)CN1c1ccc(F)cc1. The number of carbonyl (C=O) groups is 1. The molecule has 1 unspecified atom stereocenters. The van der Waals surface area contributed by atoms with Gasteiger partial charge in [0, 0.05) is 30.5 Å². The van der Waals surface area contributed by atoms with E-state index in [0.29, 0.717) is 24.3 Å². The first-order valence-corrected chi connectivity index (χ1v) is 9.55. The largest absolute Gasteiger partial charge is 0.363 e. The number of hydrogen-bond donors (Lipinski definition) is 0. The molecule has 1 atom stereocenters. The van der Waals surface area contributed by atoms with E-state index in [9.17, 15) is 13.6 Å². The topological polar surface area (TPSA) is 45.7 Å². The van der Waals surface area contributed by atoms with Crippen molar-refractivity contribution >= 4 is 11.6 Å². The molecule has 0 bridgehead atoms. The van der Waals surface area contributed by atoms with Gasteiger partial charge >= 0.3 is 0 Å². The van der Waals surface area contributed by atoms with Gasteiger partial charge in [-0.2, -0.15) is 0 Å². The molecule has 0 radical (unpaired) electrons. The zero-order valence-electron chi connectivity index (χ0n) is 15.6. The van der Waals surface area contributed by atoms with E-state index in [1.807, 2.05) is 0 Å². The molecule has 2 aliphatic heterocycles. The van der Waals surface area contributed by atoms with E-state index in [1.54, 1.807) is 29.3 Å². The van der Waals surface area contributed by atoms with E-state index >= 15 is 0 Å². The number of hydrogen-bond acceptors (Lipinski definition) is 4. The fraction of sp³-hybridized carbons (Fsp3) is 0.429. The van der Waals surface area contributed by atoms with Crippen molar-refractivity contribution in [3.8, 4) is 0 Å². The second kappa shape index (κ2) is 7.93. The molecule has 2 saturated heterocycles. The number of ether oxygens (including phenoxy) is 1. The van der Waals surface area contributed by atoms with Crippen molar-refractivity contribution in [2.24, 2.45) is 0 Å². The van der Waals surface area contributed by atoms with Crippen LogP contribution in [0.5, 0.6) is 0 Å². The Morgan fingerprint density at radius 1 is 1.11 bits per heavy atom. The van der Waals surface area contributed by atoms with Gasteiger partial charge in [-0.15, -0.1) is 0 Å². The predicted octanol–water partition coefficient (Wildman–Crippen LogP) is 3.15. The first-order valence-electron chi connectivity index (χ1n) is 9.55. The van der Waals surface area contributed by atoms with Gasteiger partial charge < -0.3 is 9.64 Å². The summed E-state index contributed by atoms with van der Waals surface area (Å²) in [6, 6.07) is 7.69. The Labute approximate surface area is 162 Å². The zero-order chi connectivity index (χ0) is 19.6. The molecule has 2 aliphatic rings. The highest BCUT2D eigenvalue weighted by atomic mass is 19.1. The second-order valence-electron chi connectivity index (χ2n) is 7.52. The Morgan fingerprint density at radius 2 is 1.93 bits per heavy atom. The minimum absolute atomic E-state index is 0.0242. The Hall–Kier alpha value is -2.38. The Morgan fingerprint density at radius 3 is 2.71 bits per heavy atom. The number of pyridine rings is 1. The van der Waals surface area contributed by atoms with E-state index in [4.69, 9.17) is 4.74 Å².